The second kappa shape index (κ2) is 4.94. The molecule has 1 heterocycles. The molecule has 0 saturated heterocycles. The number of hydrogen-bond donors (Lipinski definition) is 3. The van der Waals surface area contributed by atoms with E-state index in [1.165, 1.54) is 5.56 Å². The maximum Gasteiger partial charge on any atom is 0.332 e. The minimum absolute atomic E-state index is 0.444. The summed E-state index contributed by atoms with van der Waals surface area (Å²) in [5.74, 6) is -1.58. The van der Waals surface area contributed by atoms with Crippen molar-refractivity contribution >= 4 is 11.9 Å². The highest BCUT2D eigenvalue weighted by Gasteiger charge is 2.13. The van der Waals surface area contributed by atoms with Gasteiger partial charge in [0.25, 0.3) is 5.91 Å². The zero-order chi connectivity index (χ0) is 12.3. The Hall–Kier alpha value is -1.92. The smallest absolute Gasteiger partial charge is 0.332 e. The number of carboxylic acids is 1. The molecule has 0 bridgehead atoms. The minimum atomic E-state index is -1.14. The SMILES string of the molecule is O=C(O)CONC(=O)c1ccc2c(c1)CNC2. The number of benzene rings is 1. The Balaban J connectivity index is 1.97. The van der Waals surface area contributed by atoms with Gasteiger partial charge in [-0.25, -0.2) is 10.3 Å². The second-order valence-corrected chi connectivity index (χ2v) is 3.70. The summed E-state index contributed by atoms with van der Waals surface area (Å²) in [6, 6.07) is 5.33. The third-order valence-corrected chi connectivity index (χ3v) is 2.46. The number of carbonyl (C=O) groups excluding carboxylic acids is 1. The van der Waals surface area contributed by atoms with Gasteiger partial charge in [0.1, 0.15) is 0 Å². The quantitative estimate of drug-likeness (QED) is 0.642. The Morgan fingerprint density at radius 3 is 2.88 bits per heavy atom. The van der Waals surface area contributed by atoms with E-state index in [2.05, 4.69) is 15.6 Å². The number of amides is 1. The predicted octanol–water partition coefficient (Wildman–Crippen LogP) is 0.0358. The Morgan fingerprint density at radius 2 is 2.12 bits per heavy atom. The number of nitrogens with one attached hydrogen (secondary N) is 2. The number of hydroxylamine groups is 1. The fourth-order valence-corrected chi connectivity index (χ4v) is 1.66. The average Bonchev–Trinajstić information content (AvgIpc) is 2.75. The highest BCUT2D eigenvalue weighted by Crippen LogP contribution is 2.16. The molecule has 1 aliphatic heterocycles. The topological polar surface area (TPSA) is 87.7 Å². The fourth-order valence-electron chi connectivity index (χ4n) is 1.66. The molecule has 0 aliphatic carbocycles. The van der Waals surface area contributed by atoms with Crippen molar-refractivity contribution in [3.8, 4) is 0 Å². The molecule has 0 unspecified atom stereocenters. The monoisotopic (exact) mass is 236 g/mol. The van der Waals surface area contributed by atoms with Crippen molar-refractivity contribution in [3.63, 3.8) is 0 Å². The van der Waals surface area contributed by atoms with Gasteiger partial charge in [-0.3, -0.25) is 9.63 Å². The van der Waals surface area contributed by atoms with Crippen LogP contribution >= 0.6 is 0 Å². The van der Waals surface area contributed by atoms with Gasteiger partial charge < -0.3 is 10.4 Å². The summed E-state index contributed by atoms with van der Waals surface area (Å²) < 4.78 is 0. The molecule has 1 amide bonds. The summed E-state index contributed by atoms with van der Waals surface area (Å²) in [6.45, 7) is 0.997. The Bertz CT molecular complexity index is 459. The molecule has 3 N–H and O–H groups in total. The van der Waals surface area contributed by atoms with Crippen LogP contribution < -0.4 is 10.8 Å². The highest BCUT2D eigenvalue weighted by atomic mass is 16.7. The Labute approximate surface area is 97.5 Å². The number of carboxylic acid groups (broad SMARTS) is 1. The van der Waals surface area contributed by atoms with Crippen LogP contribution in [0, 0.1) is 0 Å². The lowest BCUT2D eigenvalue weighted by Gasteiger charge is -2.05. The highest BCUT2D eigenvalue weighted by molar-refractivity contribution is 5.93. The van der Waals surface area contributed by atoms with Gasteiger partial charge in [-0.2, -0.15) is 0 Å². The van der Waals surface area contributed by atoms with Crippen molar-refractivity contribution < 1.29 is 19.5 Å². The van der Waals surface area contributed by atoms with Crippen LogP contribution in [0.15, 0.2) is 18.2 Å². The van der Waals surface area contributed by atoms with Crippen LogP contribution in [0.1, 0.15) is 21.5 Å². The molecule has 1 aromatic carbocycles. The van der Waals surface area contributed by atoms with E-state index >= 15 is 0 Å². The number of hydrogen-bond acceptors (Lipinski definition) is 4. The van der Waals surface area contributed by atoms with Gasteiger partial charge in [0.2, 0.25) is 0 Å². The first kappa shape index (κ1) is 11.6. The van der Waals surface area contributed by atoms with Gasteiger partial charge in [0.15, 0.2) is 6.61 Å². The number of rotatable bonds is 4. The molecule has 17 heavy (non-hydrogen) atoms. The van der Waals surface area contributed by atoms with Gasteiger partial charge >= 0.3 is 5.97 Å². The number of carbonyl (C=O) groups is 2. The number of fused-ring (bicyclic) bond motifs is 1. The van der Waals surface area contributed by atoms with E-state index in [-0.39, 0.29) is 0 Å². The van der Waals surface area contributed by atoms with E-state index in [0.717, 1.165) is 18.7 Å². The third-order valence-electron chi connectivity index (χ3n) is 2.46. The molecule has 0 fully saturated rings. The first-order valence-electron chi connectivity index (χ1n) is 5.13. The summed E-state index contributed by atoms with van der Waals surface area (Å²) in [5, 5.41) is 11.5. The normalized spacial score (nSPS) is 13.2. The Kier molecular flexibility index (Phi) is 3.36. The molecule has 2 rings (SSSR count). The summed E-state index contributed by atoms with van der Waals surface area (Å²) >= 11 is 0. The molecular formula is C11H12N2O4. The summed E-state index contributed by atoms with van der Waals surface area (Å²) in [6.07, 6.45) is 0. The van der Waals surface area contributed by atoms with Crippen LogP contribution in [-0.2, 0) is 22.7 Å². The minimum Gasteiger partial charge on any atom is -0.479 e. The third kappa shape index (κ3) is 2.80. The van der Waals surface area contributed by atoms with Crippen LogP contribution in [0.3, 0.4) is 0 Å². The van der Waals surface area contributed by atoms with Crippen molar-refractivity contribution in [2.24, 2.45) is 0 Å². The maximum atomic E-state index is 11.6. The predicted molar refractivity (Wildman–Crippen MR) is 58.0 cm³/mol. The molecular weight excluding hydrogens is 224 g/mol. The molecule has 1 aliphatic rings. The average molecular weight is 236 g/mol. The van der Waals surface area contributed by atoms with Crippen molar-refractivity contribution in [3.05, 3.63) is 34.9 Å². The van der Waals surface area contributed by atoms with E-state index in [1.54, 1.807) is 12.1 Å². The van der Waals surface area contributed by atoms with Gasteiger partial charge in [-0.15, -0.1) is 0 Å². The maximum absolute atomic E-state index is 11.6. The molecule has 0 radical (unpaired) electrons. The van der Waals surface area contributed by atoms with Gasteiger partial charge in [0.05, 0.1) is 0 Å². The van der Waals surface area contributed by atoms with Crippen molar-refractivity contribution in [1.82, 2.24) is 10.8 Å². The largest absolute Gasteiger partial charge is 0.479 e. The van der Waals surface area contributed by atoms with Crippen LogP contribution in [0.5, 0.6) is 0 Å². The van der Waals surface area contributed by atoms with E-state index < -0.39 is 18.5 Å². The molecule has 6 nitrogen and oxygen atoms in total. The lowest BCUT2D eigenvalue weighted by atomic mass is 10.1. The molecule has 90 valence electrons. The van der Waals surface area contributed by atoms with E-state index in [9.17, 15) is 9.59 Å². The first-order valence-corrected chi connectivity index (χ1v) is 5.13. The zero-order valence-electron chi connectivity index (χ0n) is 9.03. The molecule has 0 atom stereocenters. The standard InChI is InChI=1S/C11H12N2O4/c14-10(15)6-17-13-11(16)7-1-2-8-4-12-5-9(8)3-7/h1-3,12H,4-6H2,(H,13,16)(H,14,15). The fraction of sp³-hybridized carbons (Fsp3) is 0.273. The van der Waals surface area contributed by atoms with Crippen molar-refractivity contribution in [2.45, 2.75) is 13.1 Å². The number of aliphatic carboxylic acids is 1. The second-order valence-electron chi connectivity index (χ2n) is 3.70. The van der Waals surface area contributed by atoms with Gasteiger partial charge in [0, 0.05) is 18.7 Å². The molecule has 1 aromatic rings. The summed E-state index contributed by atoms with van der Waals surface area (Å²) in [7, 11) is 0. The first-order chi connectivity index (χ1) is 8.16. The van der Waals surface area contributed by atoms with Gasteiger partial charge in [-0.05, 0) is 23.3 Å². The van der Waals surface area contributed by atoms with Crippen molar-refractivity contribution in [1.29, 1.82) is 0 Å². The van der Waals surface area contributed by atoms with Crippen LogP contribution in [0.25, 0.3) is 0 Å². The molecule has 0 aromatic heterocycles. The van der Waals surface area contributed by atoms with E-state index in [4.69, 9.17) is 5.11 Å². The van der Waals surface area contributed by atoms with E-state index in [1.807, 2.05) is 6.07 Å². The zero-order valence-corrected chi connectivity index (χ0v) is 9.03. The molecule has 6 heteroatoms. The molecule has 0 saturated carbocycles. The van der Waals surface area contributed by atoms with Crippen molar-refractivity contribution in [2.75, 3.05) is 6.61 Å². The molecule has 0 spiro atoms. The lowest BCUT2D eigenvalue weighted by Crippen LogP contribution is -2.26. The van der Waals surface area contributed by atoms with Crippen LogP contribution in [-0.4, -0.2) is 23.6 Å². The van der Waals surface area contributed by atoms with E-state index in [0.29, 0.717) is 5.56 Å². The van der Waals surface area contributed by atoms with Crippen LogP contribution in [0.4, 0.5) is 0 Å². The van der Waals surface area contributed by atoms with Crippen LogP contribution in [0.2, 0.25) is 0 Å². The summed E-state index contributed by atoms with van der Waals surface area (Å²) in [5.41, 5.74) is 4.79. The summed E-state index contributed by atoms with van der Waals surface area (Å²) in [4.78, 5) is 26.3. The van der Waals surface area contributed by atoms with Gasteiger partial charge in [-0.1, -0.05) is 6.07 Å². The Morgan fingerprint density at radius 1 is 1.35 bits per heavy atom. The lowest BCUT2D eigenvalue weighted by molar-refractivity contribution is -0.144.